The lowest BCUT2D eigenvalue weighted by atomic mass is 9.99. The highest BCUT2D eigenvalue weighted by atomic mass is 17.2. The largest absolute Gasteiger partial charge is 0.394 e. The van der Waals surface area contributed by atoms with Gasteiger partial charge in [0.25, 0.3) is 0 Å². The summed E-state index contributed by atoms with van der Waals surface area (Å²) in [7, 11) is 0. The first-order valence-corrected chi connectivity index (χ1v) is 11.7. The van der Waals surface area contributed by atoms with Crippen molar-refractivity contribution in [1.29, 1.82) is 0 Å². The van der Waals surface area contributed by atoms with Crippen LogP contribution in [0.1, 0.15) is 43.5 Å². The van der Waals surface area contributed by atoms with Crippen LogP contribution in [0.3, 0.4) is 0 Å². The van der Waals surface area contributed by atoms with E-state index in [2.05, 4.69) is 55.8 Å². The molecule has 5 atom stereocenters. The van der Waals surface area contributed by atoms with Gasteiger partial charge in [0, 0.05) is 17.6 Å². The van der Waals surface area contributed by atoms with Gasteiger partial charge in [0.2, 0.25) is 0 Å². The van der Waals surface area contributed by atoms with E-state index in [0.29, 0.717) is 12.2 Å². The Bertz CT molecular complexity index is 1090. The van der Waals surface area contributed by atoms with Crippen LogP contribution < -0.4 is 4.89 Å². The van der Waals surface area contributed by atoms with Crippen LogP contribution in [0.15, 0.2) is 48.7 Å². The fourth-order valence-electron chi connectivity index (χ4n) is 4.39. The first kappa shape index (κ1) is 24.7. The molecule has 184 valence electrons. The molecule has 0 saturated carbocycles. The van der Waals surface area contributed by atoms with E-state index in [-0.39, 0.29) is 6.04 Å². The van der Waals surface area contributed by atoms with Crippen molar-refractivity contribution in [1.82, 2.24) is 4.57 Å². The van der Waals surface area contributed by atoms with Crippen LogP contribution in [0.4, 0.5) is 0 Å². The quantitative estimate of drug-likeness (QED) is 0.295. The van der Waals surface area contributed by atoms with E-state index in [1.807, 2.05) is 12.1 Å². The molecule has 1 aromatic heterocycles. The molecular weight excluding hydrogens is 438 g/mol. The Kier molecular flexibility index (Phi) is 7.57. The van der Waals surface area contributed by atoms with E-state index in [1.54, 1.807) is 6.07 Å². The molecule has 1 aliphatic heterocycles. The van der Waals surface area contributed by atoms with E-state index in [1.165, 1.54) is 11.1 Å². The molecule has 4 N–H and O–H groups in total. The summed E-state index contributed by atoms with van der Waals surface area (Å²) in [4.78, 5) is 11.0. The number of ether oxygens (including phenoxy) is 1. The summed E-state index contributed by atoms with van der Waals surface area (Å²) in [6, 6.07) is 14.4. The second kappa shape index (κ2) is 10.4. The molecule has 0 aliphatic carbocycles. The predicted octanol–water partition coefficient (Wildman–Crippen LogP) is 2.49. The van der Waals surface area contributed by atoms with Gasteiger partial charge in [-0.05, 0) is 55.5 Å². The van der Waals surface area contributed by atoms with Crippen LogP contribution in [-0.2, 0) is 22.5 Å². The van der Waals surface area contributed by atoms with Gasteiger partial charge in [-0.25, -0.2) is 0 Å². The summed E-state index contributed by atoms with van der Waals surface area (Å²) in [5.41, 5.74) is 4.47. The summed E-state index contributed by atoms with van der Waals surface area (Å²) >= 11 is 0. The zero-order chi connectivity index (χ0) is 24.4. The van der Waals surface area contributed by atoms with Crippen molar-refractivity contribution in [2.45, 2.75) is 70.4 Å². The molecule has 8 heteroatoms. The lowest BCUT2D eigenvalue weighted by Crippen LogP contribution is -2.59. The van der Waals surface area contributed by atoms with Crippen molar-refractivity contribution >= 4 is 10.9 Å². The number of hydrogen-bond acceptors (Lipinski definition) is 7. The Labute approximate surface area is 198 Å². The molecule has 4 rings (SSSR count). The van der Waals surface area contributed by atoms with Crippen molar-refractivity contribution in [2.24, 2.45) is 0 Å². The van der Waals surface area contributed by atoms with Gasteiger partial charge in [0.15, 0.2) is 18.1 Å². The Hall–Kier alpha value is -2.46. The molecular formula is C26H33NO7. The van der Waals surface area contributed by atoms with Gasteiger partial charge < -0.3 is 34.6 Å². The van der Waals surface area contributed by atoms with Gasteiger partial charge in [0.1, 0.15) is 18.3 Å². The molecule has 34 heavy (non-hydrogen) atoms. The zero-order valence-electron chi connectivity index (χ0n) is 19.7. The third-order valence-corrected chi connectivity index (χ3v) is 6.37. The molecule has 2 heterocycles. The SMILES string of the molecule is CCc1ccc(Cc2cn(C(C)C)c3cccc(OO[C@@H]4[C@@H](O)[C@H](O)[C@@H](CO)O[C@H]4O)c23)cc1. The second-order valence-corrected chi connectivity index (χ2v) is 9.03. The number of aliphatic hydroxyl groups excluding tert-OH is 4. The molecule has 1 saturated heterocycles. The number of nitrogens with zero attached hydrogens (tertiary/aromatic N) is 1. The van der Waals surface area contributed by atoms with Gasteiger partial charge in [0.05, 0.1) is 12.1 Å². The summed E-state index contributed by atoms with van der Waals surface area (Å²) < 4.78 is 7.32. The molecule has 0 unspecified atom stereocenters. The number of aromatic nitrogens is 1. The van der Waals surface area contributed by atoms with Gasteiger partial charge >= 0.3 is 0 Å². The van der Waals surface area contributed by atoms with Crippen LogP contribution in [0.25, 0.3) is 10.9 Å². The minimum absolute atomic E-state index is 0.218. The molecule has 2 aromatic carbocycles. The van der Waals surface area contributed by atoms with E-state index in [9.17, 15) is 20.4 Å². The van der Waals surface area contributed by atoms with E-state index >= 15 is 0 Å². The Morgan fingerprint density at radius 2 is 1.71 bits per heavy atom. The molecule has 3 aromatic rings. The van der Waals surface area contributed by atoms with Gasteiger partial charge in [-0.15, -0.1) is 0 Å². The third kappa shape index (κ3) is 4.84. The average molecular weight is 472 g/mol. The first-order valence-electron chi connectivity index (χ1n) is 11.7. The van der Waals surface area contributed by atoms with Crippen molar-refractivity contribution in [3.63, 3.8) is 0 Å². The van der Waals surface area contributed by atoms with Crippen LogP contribution in [0.5, 0.6) is 5.75 Å². The smallest absolute Gasteiger partial charge is 0.188 e. The Balaban J connectivity index is 1.63. The molecule has 0 radical (unpaired) electrons. The van der Waals surface area contributed by atoms with Gasteiger partial charge in [-0.2, -0.15) is 4.89 Å². The Morgan fingerprint density at radius 1 is 1.00 bits per heavy atom. The average Bonchev–Trinajstić information content (AvgIpc) is 3.21. The van der Waals surface area contributed by atoms with E-state index < -0.39 is 37.3 Å². The van der Waals surface area contributed by atoms with Gasteiger partial charge in [-0.3, -0.25) is 0 Å². The highest BCUT2D eigenvalue weighted by molar-refractivity contribution is 5.90. The Morgan fingerprint density at radius 3 is 2.35 bits per heavy atom. The van der Waals surface area contributed by atoms with Crippen molar-refractivity contribution in [2.75, 3.05) is 6.61 Å². The lowest BCUT2D eigenvalue weighted by molar-refractivity contribution is -0.364. The maximum absolute atomic E-state index is 10.4. The topological polar surface area (TPSA) is 114 Å². The molecule has 0 spiro atoms. The maximum atomic E-state index is 10.4. The normalized spacial score (nSPS) is 25.2. The number of rotatable bonds is 8. The third-order valence-electron chi connectivity index (χ3n) is 6.37. The van der Waals surface area contributed by atoms with Gasteiger partial charge in [-0.1, -0.05) is 37.3 Å². The van der Waals surface area contributed by atoms with E-state index in [0.717, 1.165) is 22.9 Å². The van der Waals surface area contributed by atoms with Crippen LogP contribution in [0, 0.1) is 0 Å². The van der Waals surface area contributed by atoms with Crippen molar-refractivity contribution in [3.05, 3.63) is 65.4 Å². The van der Waals surface area contributed by atoms with E-state index in [4.69, 9.17) is 14.5 Å². The highest BCUT2D eigenvalue weighted by Crippen LogP contribution is 2.35. The lowest BCUT2D eigenvalue weighted by Gasteiger charge is -2.38. The second-order valence-electron chi connectivity index (χ2n) is 9.03. The van der Waals surface area contributed by atoms with Crippen LogP contribution in [-0.4, -0.2) is 62.3 Å². The molecule has 1 aliphatic rings. The number of fused-ring (bicyclic) bond motifs is 1. The monoisotopic (exact) mass is 471 g/mol. The minimum Gasteiger partial charge on any atom is -0.394 e. The molecule has 1 fully saturated rings. The summed E-state index contributed by atoms with van der Waals surface area (Å²) in [6.45, 7) is 5.79. The van der Waals surface area contributed by atoms with Crippen molar-refractivity contribution in [3.8, 4) is 5.75 Å². The predicted molar refractivity (Wildman–Crippen MR) is 126 cm³/mol. The van der Waals surface area contributed by atoms with Crippen LogP contribution in [0.2, 0.25) is 0 Å². The molecule has 0 amide bonds. The minimum atomic E-state index is -1.58. The standard InChI is InChI=1S/C26H33NO7/c1-4-16-8-10-17(11-9-16)12-18-13-27(15(2)3)19-6-5-7-20(22(18)19)33-34-25-24(30)23(29)21(14-28)32-26(25)31/h5-11,13,15,21,23-26,28-31H,4,12,14H2,1-3H3/t21-,23-,24+,25-,26-/m1/s1. The highest BCUT2D eigenvalue weighted by Gasteiger charge is 2.45. The molecule has 0 bridgehead atoms. The summed E-state index contributed by atoms with van der Waals surface area (Å²) in [5.74, 6) is 0.426. The fraction of sp³-hybridized carbons (Fsp3) is 0.462. The zero-order valence-corrected chi connectivity index (χ0v) is 19.7. The number of benzene rings is 2. The number of hydrogen-bond donors (Lipinski definition) is 4. The van der Waals surface area contributed by atoms with Crippen LogP contribution >= 0.6 is 0 Å². The number of aliphatic hydroxyl groups is 4. The molecule has 8 nitrogen and oxygen atoms in total. The summed E-state index contributed by atoms with van der Waals surface area (Å²) in [6.07, 6.45) is -3.19. The summed E-state index contributed by atoms with van der Waals surface area (Å²) in [5, 5.41) is 40.8. The maximum Gasteiger partial charge on any atom is 0.188 e. The first-order chi connectivity index (χ1) is 16.3. The fourth-order valence-corrected chi connectivity index (χ4v) is 4.39. The van der Waals surface area contributed by atoms with Crippen molar-refractivity contribution < 1.29 is 34.9 Å². The number of aryl methyl sites for hydroxylation is 1.